The van der Waals surface area contributed by atoms with Gasteiger partial charge in [0.15, 0.2) is 27.2 Å². The zero-order valence-electron chi connectivity index (χ0n) is 11.6. The van der Waals surface area contributed by atoms with E-state index in [4.69, 9.17) is 14.0 Å². The maximum Gasteiger partial charge on any atom is 0.245 e. The van der Waals surface area contributed by atoms with Crippen molar-refractivity contribution in [2.75, 3.05) is 13.2 Å². The van der Waals surface area contributed by atoms with E-state index < -0.39 is 15.1 Å². The number of sulfone groups is 1. The quantitative estimate of drug-likeness (QED) is 0.851. The molecule has 0 spiro atoms. The van der Waals surface area contributed by atoms with E-state index in [-0.39, 0.29) is 10.8 Å². The number of rotatable bonds is 3. The van der Waals surface area contributed by atoms with Crippen molar-refractivity contribution in [1.29, 1.82) is 0 Å². The van der Waals surface area contributed by atoms with Crippen LogP contribution >= 0.6 is 0 Å². The summed E-state index contributed by atoms with van der Waals surface area (Å²) < 4.78 is 40.9. The molecule has 0 aliphatic carbocycles. The first kappa shape index (κ1) is 13.9. The zero-order chi connectivity index (χ0) is 15.0. The van der Waals surface area contributed by atoms with Crippen LogP contribution < -0.4 is 9.47 Å². The van der Waals surface area contributed by atoms with Crippen molar-refractivity contribution < 1.29 is 22.4 Å². The van der Waals surface area contributed by atoms with Crippen LogP contribution in [0.1, 0.15) is 23.9 Å². The van der Waals surface area contributed by atoms with Gasteiger partial charge in [0.2, 0.25) is 5.89 Å². The summed E-state index contributed by atoms with van der Waals surface area (Å²) in [5.74, 6) is 1.44. The first-order chi connectivity index (χ1) is 9.98. The van der Waals surface area contributed by atoms with Gasteiger partial charge < -0.3 is 14.0 Å². The van der Waals surface area contributed by atoms with Crippen LogP contribution in [0, 0.1) is 6.92 Å². The lowest BCUT2D eigenvalue weighted by molar-refractivity contribution is 0.171. The van der Waals surface area contributed by atoms with Crippen LogP contribution in [0.5, 0.6) is 11.5 Å². The number of hydrogen-bond donors (Lipinski definition) is 0. The number of ether oxygens (including phenoxy) is 2. The maximum absolute atomic E-state index is 12.6. The molecule has 0 unspecified atom stereocenters. The Morgan fingerprint density at radius 2 is 1.90 bits per heavy atom. The zero-order valence-corrected chi connectivity index (χ0v) is 12.4. The molecule has 112 valence electrons. The van der Waals surface area contributed by atoms with Crippen LogP contribution in [0.3, 0.4) is 0 Å². The summed E-state index contributed by atoms with van der Waals surface area (Å²) in [5, 5.41) is 2.69. The Labute approximate surface area is 121 Å². The third-order valence-electron chi connectivity index (χ3n) is 3.20. The SMILES string of the molecule is Cc1noc([C@H](C)S(=O)(=O)c2ccc3c(c2)OCCO3)n1. The average Bonchev–Trinajstić information content (AvgIpc) is 2.92. The molecule has 0 amide bonds. The maximum atomic E-state index is 12.6. The Kier molecular flexibility index (Phi) is 3.32. The minimum atomic E-state index is -3.64. The van der Waals surface area contributed by atoms with Gasteiger partial charge in [0.1, 0.15) is 18.5 Å². The van der Waals surface area contributed by atoms with Crippen molar-refractivity contribution in [2.45, 2.75) is 24.0 Å². The number of hydrogen-bond acceptors (Lipinski definition) is 7. The first-order valence-corrected chi connectivity index (χ1v) is 7.97. The van der Waals surface area contributed by atoms with Crippen LogP contribution in [-0.2, 0) is 9.84 Å². The highest BCUT2D eigenvalue weighted by molar-refractivity contribution is 7.91. The predicted octanol–water partition coefficient (Wildman–Crippen LogP) is 1.68. The molecule has 0 bridgehead atoms. The second kappa shape index (κ2) is 5.03. The van der Waals surface area contributed by atoms with Gasteiger partial charge in [-0.2, -0.15) is 4.98 Å². The van der Waals surface area contributed by atoms with Crippen molar-refractivity contribution >= 4 is 9.84 Å². The molecule has 0 N–H and O–H groups in total. The highest BCUT2D eigenvalue weighted by Crippen LogP contribution is 2.35. The smallest absolute Gasteiger partial charge is 0.245 e. The van der Waals surface area contributed by atoms with Gasteiger partial charge in [0.25, 0.3) is 0 Å². The van der Waals surface area contributed by atoms with Crippen molar-refractivity contribution in [3.05, 3.63) is 29.9 Å². The molecule has 1 aromatic carbocycles. The lowest BCUT2D eigenvalue weighted by Crippen LogP contribution is -2.16. The molecule has 3 rings (SSSR count). The Hall–Kier alpha value is -2.09. The standard InChI is InChI=1S/C13H14N2O5S/c1-8(13-14-9(2)15-20-13)21(16,17)10-3-4-11-12(7-10)19-6-5-18-11/h3-4,7-8H,5-6H2,1-2H3/t8-/m0/s1. The van der Waals surface area contributed by atoms with Crippen LogP contribution in [0.15, 0.2) is 27.6 Å². The number of aryl methyl sites for hydroxylation is 1. The van der Waals surface area contributed by atoms with Crippen molar-refractivity contribution in [2.24, 2.45) is 0 Å². The fourth-order valence-corrected chi connectivity index (χ4v) is 3.31. The molecule has 0 radical (unpaired) electrons. The predicted molar refractivity (Wildman–Crippen MR) is 72.1 cm³/mol. The lowest BCUT2D eigenvalue weighted by Gasteiger charge is -2.19. The molecule has 1 aliphatic heterocycles. The summed E-state index contributed by atoms with van der Waals surface area (Å²) in [4.78, 5) is 4.11. The molecule has 0 saturated carbocycles. The molecule has 2 aromatic rings. The minimum absolute atomic E-state index is 0.0717. The van der Waals surface area contributed by atoms with Crippen LogP contribution in [0.2, 0.25) is 0 Å². The van der Waals surface area contributed by atoms with Gasteiger partial charge in [-0.1, -0.05) is 5.16 Å². The van der Waals surface area contributed by atoms with Gasteiger partial charge in [0, 0.05) is 6.07 Å². The van der Waals surface area contributed by atoms with Gasteiger partial charge in [-0.05, 0) is 26.0 Å². The van der Waals surface area contributed by atoms with Gasteiger partial charge in [-0.15, -0.1) is 0 Å². The molecule has 1 atom stereocenters. The summed E-state index contributed by atoms with van der Waals surface area (Å²) in [6.45, 7) is 4.00. The van der Waals surface area contributed by atoms with Crippen LogP contribution in [0.25, 0.3) is 0 Å². The molecular formula is C13H14N2O5S. The number of nitrogens with zero attached hydrogens (tertiary/aromatic N) is 2. The fourth-order valence-electron chi connectivity index (χ4n) is 2.02. The Morgan fingerprint density at radius 3 is 2.57 bits per heavy atom. The van der Waals surface area contributed by atoms with E-state index in [0.717, 1.165) is 0 Å². The summed E-state index contributed by atoms with van der Waals surface area (Å²) in [5.41, 5.74) is 0. The Bertz CT molecular complexity index is 769. The van der Waals surface area contributed by atoms with E-state index in [1.165, 1.54) is 19.1 Å². The van der Waals surface area contributed by atoms with E-state index in [2.05, 4.69) is 10.1 Å². The van der Waals surface area contributed by atoms with E-state index in [1.807, 2.05) is 0 Å². The van der Waals surface area contributed by atoms with Crippen LogP contribution in [0.4, 0.5) is 0 Å². The Balaban J connectivity index is 1.98. The van der Waals surface area contributed by atoms with Crippen LogP contribution in [-0.4, -0.2) is 31.8 Å². The highest BCUT2D eigenvalue weighted by Gasteiger charge is 2.30. The molecule has 0 fully saturated rings. The minimum Gasteiger partial charge on any atom is -0.486 e. The summed E-state index contributed by atoms with van der Waals surface area (Å²) >= 11 is 0. The van der Waals surface area contributed by atoms with E-state index in [9.17, 15) is 8.42 Å². The number of aromatic nitrogens is 2. The van der Waals surface area contributed by atoms with Gasteiger partial charge in [-0.25, -0.2) is 8.42 Å². The Morgan fingerprint density at radius 1 is 1.19 bits per heavy atom. The topological polar surface area (TPSA) is 91.5 Å². The molecular weight excluding hydrogens is 296 g/mol. The molecule has 8 heteroatoms. The molecule has 1 aliphatic rings. The summed E-state index contributed by atoms with van der Waals surface area (Å²) in [6, 6.07) is 4.54. The second-order valence-electron chi connectivity index (χ2n) is 4.67. The van der Waals surface area contributed by atoms with Gasteiger partial charge >= 0.3 is 0 Å². The van der Waals surface area contributed by atoms with E-state index >= 15 is 0 Å². The lowest BCUT2D eigenvalue weighted by atomic mass is 10.3. The van der Waals surface area contributed by atoms with Gasteiger partial charge in [-0.3, -0.25) is 0 Å². The highest BCUT2D eigenvalue weighted by atomic mass is 32.2. The third-order valence-corrected chi connectivity index (χ3v) is 5.24. The molecule has 21 heavy (non-hydrogen) atoms. The third kappa shape index (κ3) is 2.46. The van der Waals surface area contributed by atoms with Crippen molar-refractivity contribution in [3.8, 4) is 11.5 Å². The molecule has 2 heterocycles. The van der Waals surface area contributed by atoms with Crippen molar-refractivity contribution in [1.82, 2.24) is 10.1 Å². The molecule has 1 aromatic heterocycles. The van der Waals surface area contributed by atoms with E-state index in [0.29, 0.717) is 30.5 Å². The molecule has 7 nitrogen and oxygen atoms in total. The molecule has 0 saturated heterocycles. The normalized spacial score (nSPS) is 15.7. The van der Waals surface area contributed by atoms with E-state index in [1.54, 1.807) is 13.0 Å². The van der Waals surface area contributed by atoms with Gasteiger partial charge in [0.05, 0.1) is 4.90 Å². The largest absolute Gasteiger partial charge is 0.486 e. The second-order valence-corrected chi connectivity index (χ2v) is 6.94. The monoisotopic (exact) mass is 310 g/mol. The number of benzene rings is 1. The first-order valence-electron chi connectivity index (χ1n) is 6.42. The summed E-state index contributed by atoms with van der Waals surface area (Å²) in [7, 11) is -3.64. The average molecular weight is 310 g/mol. The number of fused-ring (bicyclic) bond motifs is 1. The summed E-state index contributed by atoms with van der Waals surface area (Å²) in [6.07, 6.45) is 0. The van der Waals surface area contributed by atoms with Crippen molar-refractivity contribution in [3.63, 3.8) is 0 Å². The fraction of sp³-hybridized carbons (Fsp3) is 0.385.